The number of hydrogen-bond acceptors (Lipinski definition) is 1. The fraction of sp³-hybridized carbons (Fsp3) is 0.136. The Morgan fingerprint density at radius 1 is 0.708 bits per heavy atom. The van der Waals surface area contributed by atoms with Crippen molar-refractivity contribution < 1.29 is 4.79 Å². The lowest BCUT2D eigenvalue weighted by Crippen LogP contribution is -2.06. The molecule has 1 nitrogen and oxygen atoms in total. The highest BCUT2D eigenvalue weighted by Gasteiger charge is 2.06. The van der Waals surface area contributed by atoms with Gasteiger partial charge in [0.15, 0.2) is 0 Å². The molecule has 0 heterocycles. The molecule has 0 aromatic heterocycles. The molecule has 24 heavy (non-hydrogen) atoms. The molecule has 3 rings (SSSR count). The average Bonchev–Trinajstić information content (AvgIpc) is 2.58. The van der Waals surface area contributed by atoms with Crippen LogP contribution in [0.5, 0.6) is 0 Å². The molecule has 0 unspecified atom stereocenters. The Morgan fingerprint density at radius 2 is 1.12 bits per heavy atom. The van der Waals surface area contributed by atoms with Gasteiger partial charge in [-0.1, -0.05) is 77.8 Å². The number of carbonyl (C=O) groups is 1. The van der Waals surface area contributed by atoms with E-state index in [0.717, 1.165) is 11.1 Å². The number of halogens is 1. The highest BCUT2D eigenvalue weighted by Crippen LogP contribution is 2.20. The number of hydrogen-bond donors (Lipinski definition) is 0. The van der Waals surface area contributed by atoms with Gasteiger partial charge in [-0.05, 0) is 41.3 Å². The first-order valence-corrected chi connectivity index (χ1v) is 8.40. The minimum absolute atomic E-state index is 0.209. The minimum Gasteiger partial charge on any atom is -0.299 e. The maximum Gasteiger partial charge on any atom is 0.141 e. The van der Waals surface area contributed by atoms with Crippen molar-refractivity contribution >= 4 is 17.4 Å². The zero-order valence-electron chi connectivity index (χ0n) is 13.6. The summed E-state index contributed by atoms with van der Waals surface area (Å²) in [4.78, 5) is 12.2. The molecule has 0 N–H and O–H groups in total. The summed E-state index contributed by atoms with van der Waals surface area (Å²) >= 11 is 5.87. The number of aryl methyl sites for hydroxylation is 1. The van der Waals surface area contributed by atoms with Gasteiger partial charge in [0.1, 0.15) is 5.78 Å². The van der Waals surface area contributed by atoms with Crippen LogP contribution in [0.4, 0.5) is 0 Å². The molecule has 0 aliphatic carbocycles. The predicted molar refractivity (Wildman–Crippen MR) is 100 cm³/mol. The number of rotatable bonds is 5. The Balaban J connectivity index is 1.64. The molecule has 3 aromatic carbocycles. The fourth-order valence-electron chi connectivity index (χ4n) is 2.68. The van der Waals surface area contributed by atoms with Crippen LogP contribution in [0.3, 0.4) is 0 Å². The van der Waals surface area contributed by atoms with E-state index in [1.165, 1.54) is 16.7 Å². The summed E-state index contributed by atoms with van der Waals surface area (Å²) in [5.74, 6) is 0.209. The second kappa shape index (κ2) is 7.46. The van der Waals surface area contributed by atoms with Crippen LogP contribution in [-0.2, 0) is 17.6 Å². The van der Waals surface area contributed by atoms with E-state index in [-0.39, 0.29) is 5.78 Å². The second-order valence-electron chi connectivity index (χ2n) is 6.08. The molecular weight excluding hydrogens is 316 g/mol. The number of carbonyl (C=O) groups excluding carboxylic acids is 1. The lowest BCUT2D eigenvalue weighted by atomic mass is 9.99. The molecule has 0 spiro atoms. The van der Waals surface area contributed by atoms with Crippen molar-refractivity contribution in [3.8, 4) is 11.1 Å². The first kappa shape index (κ1) is 16.5. The molecule has 2 heteroatoms. The van der Waals surface area contributed by atoms with Crippen molar-refractivity contribution in [3.63, 3.8) is 0 Å². The fourth-order valence-corrected chi connectivity index (χ4v) is 2.81. The van der Waals surface area contributed by atoms with Crippen LogP contribution >= 0.6 is 11.6 Å². The SMILES string of the molecule is Cc1ccc(-c2ccc(CC(=O)Cc3ccc(Cl)cc3)cc2)cc1. The normalized spacial score (nSPS) is 10.6. The van der Waals surface area contributed by atoms with E-state index in [2.05, 4.69) is 43.3 Å². The van der Waals surface area contributed by atoms with Crippen LogP contribution in [0.1, 0.15) is 16.7 Å². The van der Waals surface area contributed by atoms with E-state index in [9.17, 15) is 4.79 Å². The Labute approximate surface area is 147 Å². The van der Waals surface area contributed by atoms with Crippen LogP contribution in [0.25, 0.3) is 11.1 Å². The molecule has 0 radical (unpaired) electrons. The smallest absolute Gasteiger partial charge is 0.141 e. The topological polar surface area (TPSA) is 17.1 Å². The van der Waals surface area contributed by atoms with Gasteiger partial charge in [-0.3, -0.25) is 4.79 Å². The van der Waals surface area contributed by atoms with Gasteiger partial charge in [0.05, 0.1) is 0 Å². The zero-order chi connectivity index (χ0) is 16.9. The molecule has 0 saturated heterocycles. The second-order valence-corrected chi connectivity index (χ2v) is 6.52. The Kier molecular flexibility index (Phi) is 5.12. The van der Waals surface area contributed by atoms with Gasteiger partial charge in [0.2, 0.25) is 0 Å². The predicted octanol–water partition coefficient (Wildman–Crippen LogP) is 5.67. The summed E-state index contributed by atoms with van der Waals surface area (Å²) in [6, 6.07) is 24.1. The maximum absolute atomic E-state index is 12.2. The van der Waals surface area contributed by atoms with Crippen molar-refractivity contribution in [1.29, 1.82) is 0 Å². The molecule has 0 bridgehead atoms. The van der Waals surface area contributed by atoms with E-state index in [1.54, 1.807) is 0 Å². The van der Waals surface area contributed by atoms with Gasteiger partial charge in [0, 0.05) is 17.9 Å². The minimum atomic E-state index is 0.209. The van der Waals surface area contributed by atoms with Gasteiger partial charge >= 0.3 is 0 Å². The number of ketones is 1. The van der Waals surface area contributed by atoms with Crippen LogP contribution in [0, 0.1) is 6.92 Å². The maximum atomic E-state index is 12.2. The van der Waals surface area contributed by atoms with E-state index in [1.807, 2.05) is 36.4 Å². The molecule has 120 valence electrons. The largest absolute Gasteiger partial charge is 0.299 e. The third-order valence-corrected chi connectivity index (χ3v) is 4.31. The van der Waals surface area contributed by atoms with Crippen LogP contribution in [0.2, 0.25) is 5.02 Å². The van der Waals surface area contributed by atoms with Gasteiger partial charge in [-0.2, -0.15) is 0 Å². The third-order valence-electron chi connectivity index (χ3n) is 4.05. The van der Waals surface area contributed by atoms with Crippen molar-refractivity contribution in [2.75, 3.05) is 0 Å². The first-order valence-electron chi connectivity index (χ1n) is 8.02. The van der Waals surface area contributed by atoms with Gasteiger partial charge < -0.3 is 0 Å². The van der Waals surface area contributed by atoms with E-state index >= 15 is 0 Å². The van der Waals surface area contributed by atoms with E-state index < -0.39 is 0 Å². The Morgan fingerprint density at radius 3 is 1.62 bits per heavy atom. The van der Waals surface area contributed by atoms with Crippen LogP contribution < -0.4 is 0 Å². The highest BCUT2D eigenvalue weighted by molar-refractivity contribution is 6.30. The molecule has 3 aromatic rings. The molecule has 0 atom stereocenters. The van der Waals surface area contributed by atoms with Crippen molar-refractivity contribution in [3.05, 3.63) is 94.5 Å². The summed E-state index contributed by atoms with van der Waals surface area (Å²) in [6.07, 6.45) is 0.897. The highest BCUT2D eigenvalue weighted by atomic mass is 35.5. The van der Waals surface area contributed by atoms with Gasteiger partial charge in [0.25, 0.3) is 0 Å². The molecule has 0 amide bonds. The quantitative estimate of drug-likeness (QED) is 0.587. The van der Waals surface area contributed by atoms with Crippen LogP contribution in [0.15, 0.2) is 72.8 Å². The summed E-state index contributed by atoms with van der Waals surface area (Å²) in [5, 5.41) is 0.692. The van der Waals surface area contributed by atoms with E-state index in [4.69, 9.17) is 11.6 Å². The standard InChI is InChI=1S/C22H19ClO/c1-16-2-8-19(9-3-16)20-10-4-17(5-11-20)14-22(24)15-18-6-12-21(23)13-7-18/h2-13H,14-15H2,1H3. The Bertz CT molecular complexity index is 815. The summed E-state index contributed by atoms with van der Waals surface area (Å²) in [6.45, 7) is 2.08. The van der Waals surface area contributed by atoms with Crippen molar-refractivity contribution in [2.45, 2.75) is 19.8 Å². The average molecular weight is 335 g/mol. The van der Waals surface area contributed by atoms with E-state index in [0.29, 0.717) is 17.9 Å². The molecule has 0 aliphatic heterocycles. The van der Waals surface area contributed by atoms with Gasteiger partial charge in [-0.15, -0.1) is 0 Å². The molecular formula is C22H19ClO. The summed E-state index contributed by atoms with van der Waals surface area (Å²) in [5.41, 5.74) is 5.66. The van der Waals surface area contributed by atoms with Crippen molar-refractivity contribution in [1.82, 2.24) is 0 Å². The van der Waals surface area contributed by atoms with Gasteiger partial charge in [-0.25, -0.2) is 0 Å². The summed E-state index contributed by atoms with van der Waals surface area (Å²) < 4.78 is 0. The van der Waals surface area contributed by atoms with Crippen LogP contribution in [-0.4, -0.2) is 5.78 Å². The number of benzene rings is 3. The zero-order valence-corrected chi connectivity index (χ0v) is 14.4. The first-order chi connectivity index (χ1) is 11.6. The molecule has 0 saturated carbocycles. The monoisotopic (exact) mass is 334 g/mol. The van der Waals surface area contributed by atoms with Crippen molar-refractivity contribution in [2.24, 2.45) is 0 Å². The lowest BCUT2D eigenvalue weighted by Gasteiger charge is -2.05. The molecule has 0 fully saturated rings. The number of Topliss-reactive ketones (excluding diaryl/α,β-unsaturated/α-hetero) is 1. The molecule has 0 aliphatic rings. The Hall–Kier alpha value is -2.38. The summed E-state index contributed by atoms with van der Waals surface area (Å²) in [7, 11) is 0. The lowest BCUT2D eigenvalue weighted by molar-refractivity contribution is -0.117. The third kappa shape index (κ3) is 4.33.